The molecule has 1 aliphatic rings. The van der Waals surface area contributed by atoms with Gasteiger partial charge in [0.15, 0.2) is 0 Å². The molecule has 2 rings (SSSR count). The first-order valence-electron chi connectivity index (χ1n) is 7.92. The zero-order valence-corrected chi connectivity index (χ0v) is 12.8. The van der Waals surface area contributed by atoms with Gasteiger partial charge >= 0.3 is 0 Å². The molecule has 0 aliphatic carbocycles. The van der Waals surface area contributed by atoms with Crippen LogP contribution in [0, 0.1) is 6.92 Å². The minimum absolute atomic E-state index is 0.824. The van der Waals surface area contributed by atoms with E-state index in [2.05, 4.69) is 32.5 Å². The third-order valence-corrected chi connectivity index (χ3v) is 4.19. The van der Waals surface area contributed by atoms with Crippen molar-refractivity contribution in [2.75, 3.05) is 45.8 Å². The van der Waals surface area contributed by atoms with Crippen LogP contribution >= 0.6 is 0 Å². The highest BCUT2D eigenvalue weighted by molar-refractivity contribution is 4.88. The monoisotopic (exact) mass is 279 g/mol. The Kier molecular flexibility index (Phi) is 6.50. The maximum atomic E-state index is 5.56. The van der Waals surface area contributed by atoms with Crippen molar-refractivity contribution >= 4 is 0 Å². The van der Waals surface area contributed by atoms with Crippen LogP contribution in [0.15, 0.2) is 12.4 Å². The van der Waals surface area contributed by atoms with Gasteiger partial charge in [0, 0.05) is 38.6 Å². The molecule has 2 N–H and O–H groups in total. The van der Waals surface area contributed by atoms with Gasteiger partial charge in [0.05, 0.1) is 0 Å². The van der Waals surface area contributed by atoms with Gasteiger partial charge in [-0.15, -0.1) is 0 Å². The Morgan fingerprint density at radius 3 is 2.45 bits per heavy atom. The molecule has 0 saturated carbocycles. The van der Waals surface area contributed by atoms with Gasteiger partial charge in [-0.05, 0) is 52.4 Å². The number of aromatic nitrogens is 2. The van der Waals surface area contributed by atoms with Crippen LogP contribution in [0.1, 0.15) is 25.1 Å². The number of unbranched alkanes of at least 4 members (excludes halogenated alkanes) is 1. The molecule has 20 heavy (non-hydrogen) atoms. The number of nitrogens with two attached hydrogens (primary N) is 1. The van der Waals surface area contributed by atoms with Crippen molar-refractivity contribution in [1.29, 1.82) is 0 Å². The van der Waals surface area contributed by atoms with Gasteiger partial charge in [0.25, 0.3) is 0 Å². The van der Waals surface area contributed by atoms with E-state index in [-0.39, 0.29) is 0 Å². The van der Waals surface area contributed by atoms with Crippen molar-refractivity contribution in [2.45, 2.75) is 32.7 Å². The van der Waals surface area contributed by atoms with Crippen molar-refractivity contribution in [3.05, 3.63) is 18.2 Å². The van der Waals surface area contributed by atoms with Gasteiger partial charge in [-0.1, -0.05) is 0 Å². The van der Waals surface area contributed by atoms with Gasteiger partial charge in [0.2, 0.25) is 0 Å². The molecule has 0 spiro atoms. The van der Waals surface area contributed by atoms with Gasteiger partial charge in [-0.25, -0.2) is 4.98 Å². The minimum Gasteiger partial charge on any atom is -0.334 e. The lowest BCUT2D eigenvalue weighted by Gasteiger charge is -2.22. The number of imidazole rings is 1. The van der Waals surface area contributed by atoms with Crippen LogP contribution in [-0.4, -0.2) is 65.2 Å². The summed E-state index contributed by atoms with van der Waals surface area (Å²) in [6.45, 7) is 11.2. The largest absolute Gasteiger partial charge is 0.334 e. The second-order valence-corrected chi connectivity index (χ2v) is 5.70. The molecule has 0 radical (unpaired) electrons. The van der Waals surface area contributed by atoms with Crippen LogP contribution in [0.3, 0.4) is 0 Å². The second-order valence-electron chi connectivity index (χ2n) is 5.70. The van der Waals surface area contributed by atoms with Gasteiger partial charge < -0.3 is 20.1 Å². The first kappa shape index (κ1) is 15.5. The van der Waals surface area contributed by atoms with Crippen molar-refractivity contribution in [1.82, 2.24) is 19.4 Å². The van der Waals surface area contributed by atoms with Gasteiger partial charge in [-0.3, -0.25) is 0 Å². The van der Waals surface area contributed by atoms with E-state index in [9.17, 15) is 0 Å². The first-order valence-corrected chi connectivity index (χ1v) is 7.92. The first-order chi connectivity index (χ1) is 9.79. The predicted octanol–water partition coefficient (Wildman–Crippen LogP) is 0.938. The smallest absolute Gasteiger partial charge is 0.105 e. The maximum absolute atomic E-state index is 5.56. The minimum atomic E-state index is 0.824. The standard InChI is InChI=1S/C15H29N5/c1-15-17-6-10-20(15)14-13-19-9-4-8-18(11-12-19)7-3-2-5-16/h6,10H,2-5,7-9,11-14,16H2,1H3. The van der Waals surface area contributed by atoms with Crippen molar-refractivity contribution in [2.24, 2.45) is 5.73 Å². The Balaban J connectivity index is 1.68. The van der Waals surface area contributed by atoms with Crippen molar-refractivity contribution < 1.29 is 0 Å². The molecule has 2 heterocycles. The predicted molar refractivity (Wildman–Crippen MR) is 82.7 cm³/mol. The van der Waals surface area contributed by atoms with Crippen LogP contribution in [0.2, 0.25) is 0 Å². The third kappa shape index (κ3) is 4.89. The summed E-state index contributed by atoms with van der Waals surface area (Å²) in [6.07, 6.45) is 7.64. The molecule has 1 saturated heterocycles. The molecule has 5 nitrogen and oxygen atoms in total. The molecule has 1 fully saturated rings. The van der Waals surface area contributed by atoms with Crippen LogP contribution < -0.4 is 5.73 Å². The number of aryl methyl sites for hydroxylation is 1. The molecule has 0 atom stereocenters. The van der Waals surface area contributed by atoms with E-state index in [0.717, 1.165) is 31.9 Å². The van der Waals surface area contributed by atoms with E-state index >= 15 is 0 Å². The summed E-state index contributed by atoms with van der Waals surface area (Å²) in [5, 5.41) is 0. The number of rotatable bonds is 7. The van der Waals surface area contributed by atoms with Crippen LogP contribution in [0.5, 0.6) is 0 Å². The summed E-state index contributed by atoms with van der Waals surface area (Å²) < 4.78 is 2.24. The molecule has 0 amide bonds. The molecule has 0 aromatic carbocycles. The van der Waals surface area contributed by atoms with Crippen molar-refractivity contribution in [3.8, 4) is 0 Å². The average Bonchev–Trinajstić information content (AvgIpc) is 2.72. The van der Waals surface area contributed by atoms with Crippen LogP contribution in [-0.2, 0) is 6.54 Å². The van der Waals surface area contributed by atoms with E-state index in [1.807, 2.05) is 6.20 Å². The Morgan fingerprint density at radius 1 is 1.05 bits per heavy atom. The fourth-order valence-electron chi connectivity index (χ4n) is 2.84. The highest BCUT2D eigenvalue weighted by atomic mass is 15.2. The third-order valence-electron chi connectivity index (χ3n) is 4.19. The van der Waals surface area contributed by atoms with E-state index < -0.39 is 0 Å². The van der Waals surface area contributed by atoms with Crippen LogP contribution in [0.4, 0.5) is 0 Å². The topological polar surface area (TPSA) is 50.3 Å². The van der Waals surface area contributed by atoms with E-state index in [4.69, 9.17) is 5.73 Å². The SMILES string of the molecule is Cc1nccn1CCN1CCCN(CCCCN)CC1. The van der Waals surface area contributed by atoms with E-state index in [1.165, 1.54) is 45.6 Å². The number of hydrogen-bond donors (Lipinski definition) is 1. The van der Waals surface area contributed by atoms with E-state index in [1.54, 1.807) is 0 Å². The molecule has 1 aromatic rings. The fraction of sp³-hybridized carbons (Fsp3) is 0.800. The zero-order valence-electron chi connectivity index (χ0n) is 12.8. The van der Waals surface area contributed by atoms with E-state index in [0.29, 0.717) is 0 Å². The van der Waals surface area contributed by atoms with Crippen molar-refractivity contribution in [3.63, 3.8) is 0 Å². The lowest BCUT2D eigenvalue weighted by atomic mass is 10.3. The summed E-state index contributed by atoms with van der Waals surface area (Å²) in [4.78, 5) is 9.46. The summed E-state index contributed by atoms with van der Waals surface area (Å²) in [5.74, 6) is 1.11. The quantitative estimate of drug-likeness (QED) is 0.755. The molecule has 1 aromatic heterocycles. The lowest BCUT2D eigenvalue weighted by Crippen LogP contribution is -2.33. The number of hydrogen-bond acceptors (Lipinski definition) is 4. The molecule has 1 aliphatic heterocycles. The molecule has 5 heteroatoms. The molecule has 0 unspecified atom stereocenters. The fourth-order valence-corrected chi connectivity index (χ4v) is 2.84. The second kappa shape index (κ2) is 8.39. The van der Waals surface area contributed by atoms with Gasteiger partial charge in [0.1, 0.15) is 5.82 Å². The summed E-state index contributed by atoms with van der Waals surface area (Å²) in [5.41, 5.74) is 5.56. The average molecular weight is 279 g/mol. The Labute approximate surface area is 122 Å². The molecule has 114 valence electrons. The Morgan fingerprint density at radius 2 is 1.80 bits per heavy atom. The lowest BCUT2D eigenvalue weighted by molar-refractivity contribution is 0.248. The molecule has 0 bridgehead atoms. The normalized spacial score (nSPS) is 18.3. The highest BCUT2D eigenvalue weighted by Crippen LogP contribution is 2.05. The summed E-state index contributed by atoms with van der Waals surface area (Å²) >= 11 is 0. The maximum Gasteiger partial charge on any atom is 0.105 e. The Hall–Kier alpha value is -0.910. The molecular weight excluding hydrogens is 250 g/mol. The number of nitrogens with zero attached hydrogens (tertiary/aromatic N) is 4. The highest BCUT2D eigenvalue weighted by Gasteiger charge is 2.14. The summed E-state index contributed by atoms with van der Waals surface area (Å²) in [6, 6.07) is 0. The van der Waals surface area contributed by atoms with Gasteiger partial charge in [-0.2, -0.15) is 0 Å². The summed E-state index contributed by atoms with van der Waals surface area (Å²) in [7, 11) is 0. The zero-order chi connectivity index (χ0) is 14.2. The Bertz CT molecular complexity index is 376. The molecular formula is C15H29N5. The van der Waals surface area contributed by atoms with Crippen LogP contribution in [0.25, 0.3) is 0 Å².